The van der Waals surface area contributed by atoms with Crippen molar-refractivity contribution >= 4 is 40.5 Å². The quantitative estimate of drug-likeness (QED) is 0.830. The lowest BCUT2D eigenvalue weighted by atomic mass is 10.2. The minimum Gasteiger partial charge on any atom is -0.494 e. The van der Waals surface area contributed by atoms with Crippen molar-refractivity contribution in [1.29, 1.82) is 0 Å². The third-order valence-corrected chi connectivity index (χ3v) is 3.42. The van der Waals surface area contributed by atoms with E-state index in [-0.39, 0.29) is 0 Å². The van der Waals surface area contributed by atoms with Crippen LogP contribution in [0.2, 0.25) is 15.1 Å². The summed E-state index contributed by atoms with van der Waals surface area (Å²) in [5.41, 5.74) is 1.96. The first kappa shape index (κ1) is 14.3. The molecule has 100 valence electrons. The van der Waals surface area contributed by atoms with E-state index in [0.29, 0.717) is 27.4 Å². The zero-order chi connectivity index (χ0) is 13.8. The highest BCUT2D eigenvalue weighted by molar-refractivity contribution is 6.37. The molecule has 0 saturated heterocycles. The molecule has 2 rings (SSSR count). The van der Waals surface area contributed by atoms with Crippen LogP contribution in [0.1, 0.15) is 5.56 Å². The zero-order valence-electron chi connectivity index (χ0n) is 10.2. The van der Waals surface area contributed by atoms with E-state index in [1.54, 1.807) is 7.11 Å². The molecule has 0 heterocycles. The van der Waals surface area contributed by atoms with Crippen LogP contribution in [0.25, 0.3) is 0 Å². The lowest BCUT2D eigenvalue weighted by molar-refractivity contribution is 0.415. The van der Waals surface area contributed by atoms with Crippen LogP contribution in [0.3, 0.4) is 0 Å². The Hall–Kier alpha value is -1.09. The number of rotatable bonds is 4. The average molecular weight is 317 g/mol. The number of hydrogen-bond donors (Lipinski definition) is 1. The molecule has 0 amide bonds. The number of hydrogen-bond acceptors (Lipinski definition) is 2. The summed E-state index contributed by atoms with van der Waals surface area (Å²) in [5, 5.41) is 4.98. The molecule has 0 saturated carbocycles. The molecule has 0 aliphatic heterocycles. The zero-order valence-corrected chi connectivity index (χ0v) is 12.5. The van der Waals surface area contributed by atoms with E-state index in [1.807, 2.05) is 36.4 Å². The molecule has 0 spiro atoms. The Bertz CT molecular complexity index is 546. The first-order valence-corrected chi connectivity index (χ1v) is 6.75. The fraction of sp³-hybridized carbons (Fsp3) is 0.143. The van der Waals surface area contributed by atoms with Gasteiger partial charge in [-0.3, -0.25) is 0 Å². The Balaban J connectivity index is 2.09. The van der Waals surface area contributed by atoms with E-state index in [1.165, 1.54) is 0 Å². The number of methoxy groups -OCH3 is 1. The highest BCUT2D eigenvalue weighted by Crippen LogP contribution is 2.34. The summed E-state index contributed by atoms with van der Waals surface area (Å²) in [7, 11) is 1.54. The molecule has 0 aliphatic rings. The minimum atomic E-state index is 0.499. The summed E-state index contributed by atoms with van der Waals surface area (Å²) in [5.74, 6) is 0.499. The van der Waals surface area contributed by atoms with Gasteiger partial charge in [0.15, 0.2) is 5.75 Å². The molecular formula is C14H12Cl3NO. The second kappa shape index (κ2) is 6.38. The largest absolute Gasteiger partial charge is 0.494 e. The summed E-state index contributed by atoms with van der Waals surface area (Å²) in [4.78, 5) is 0. The summed E-state index contributed by atoms with van der Waals surface area (Å²) < 4.78 is 5.11. The van der Waals surface area contributed by atoms with Crippen molar-refractivity contribution in [3.63, 3.8) is 0 Å². The summed E-state index contributed by atoms with van der Waals surface area (Å²) in [6.45, 7) is 0.616. The number of ether oxygens (including phenoxy) is 1. The van der Waals surface area contributed by atoms with Crippen molar-refractivity contribution in [2.75, 3.05) is 12.4 Å². The number of nitrogens with one attached hydrogen (secondary N) is 1. The van der Waals surface area contributed by atoms with Gasteiger partial charge in [-0.2, -0.15) is 0 Å². The molecule has 0 fully saturated rings. The molecule has 0 radical (unpaired) electrons. The van der Waals surface area contributed by atoms with Crippen molar-refractivity contribution in [1.82, 2.24) is 0 Å². The fourth-order valence-corrected chi connectivity index (χ4v) is 2.49. The van der Waals surface area contributed by atoms with Gasteiger partial charge in [0.1, 0.15) is 0 Å². The van der Waals surface area contributed by atoms with Gasteiger partial charge in [-0.05, 0) is 42.0 Å². The first-order chi connectivity index (χ1) is 9.10. The Labute approximate surface area is 127 Å². The van der Waals surface area contributed by atoms with Crippen LogP contribution in [0.15, 0.2) is 36.4 Å². The van der Waals surface area contributed by atoms with E-state index in [0.717, 1.165) is 11.3 Å². The summed E-state index contributed by atoms with van der Waals surface area (Å²) in [6, 6.07) is 11.1. The van der Waals surface area contributed by atoms with Crippen molar-refractivity contribution in [3.05, 3.63) is 57.0 Å². The van der Waals surface area contributed by atoms with Gasteiger partial charge in [-0.25, -0.2) is 0 Å². The third kappa shape index (κ3) is 3.69. The van der Waals surface area contributed by atoms with E-state index in [9.17, 15) is 0 Å². The van der Waals surface area contributed by atoms with Crippen LogP contribution in [0.4, 0.5) is 5.69 Å². The van der Waals surface area contributed by atoms with E-state index in [4.69, 9.17) is 39.5 Å². The predicted molar refractivity (Wildman–Crippen MR) is 81.8 cm³/mol. The predicted octanol–water partition coefficient (Wildman–Crippen LogP) is 5.27. The monoisotopic (exact) mass is 315 g/mol. The second-order valence-corrected chi connectivity index (χ2v) is 5.20. The fourth-order valence-electron chi connectivity index (χ4n) is 1.68. The number of halogens is 3. The van der Waals surface area contributed by atoms with Crippen LogP contribution in [0.5, 0.6) is 5.75 Å². The maximum atomic E-state index is 6.08. The number of benzene rings is 2. The Morgan fingerprint density at radius 3 is 2.11 bits per heavy atom. The molecule has 1 N–H and O–H groups in total. The van der Waals surface area contributed by atoms with Crippen LogP contribution in [-0.2, 0) is 6.54 Å². The van der Waals surface area contributed by atoms with Gasteiger partial charge in [0.2, 0.25) is 0 Å². The molecule has 0 bridgehead atoms. The molecule has 0 atom stereocenters. The molecule has 0 aliphatic carbocycles. The summed E-state index contributed by atoms with van der Waals surface area (Å²) >= 11 is 18.0. The molecule has 2 nitrogen and oxygen atoms in total. The number of anilines is 1. The average Bonchev–Trinajstić information content (AvgIpc) is 2.38. The summed E-state index contributed by atoms with van der Waals surface area (Å²) in [6.07, 6.45) is 0. The molecule has 0 unspecified atom stereocenters. The third-order valence-electron chi connectivity index (χ3n) is 2.60. The van der Waals surface area contributed by atoms with E-state index >= 15 is 0 Å². The smallest absolute Gasteiger partial charge is 0.156 e. The van der Waals surface area contributed by atoms with Gasteiger partial charge < -0.3 is 10.1 Å². The van der Waals surface area contributed by atoms with Crippen LogP contribution in [-0.4, -0.2) is 7.11 Å². The Kier molecular flexibility index (Phi) is 4.81. The van der Waals surface area contributed by atoms with Crippen LogP contribution >= 0.6 is 34.8 Å². The van der Waals surface area contributed by atoms with Crippen LogP contribution < -0.4 is 10.1 Å². The molecule has 2 aromatic carbocycles. The molecule has 19 heavy (non-hydrogen) atoms. The van der Waals surface area contributed by atoms with E-state index in [2.05, 4.69) is 5.32 Å². The highest BCUT2D eigenvalue weighted by atomic mass is 35.5. The second-order valence-electron chi connectivity index (χ2n) is 3.95. The van der Waals surface area contributed by atoms with Gasteiger partial charge in [0.25, 0.3) is 0 Å². The van der Waals surface area contributed by atoms with Gasteiger partial charge >= 0.3 is 0 Å². The van der Waals surface area contributed by atoms with Crippen molar-refractivity contribution in [3.8, 4) is 5.75 Å². The normalized spacial score (nSPS) is 10.3. The highest BCUT2D eigenvalue weighted by Gasteiger charge is 2.08. The maximum absolute atomic E-state index is 6.08. The SMILES string of the molecule is COc1c(Cl)cc(CNc2ccc(Cl)cc2)cc1Cl. The maximum Gasteiger partial charge on any atom is 0.156 e. The lowest BCUT2D eigenvalue weighted by Crippen LogP contribution is -1.99. The van der Waals surface area contributed by atoms with Crippen LogP contribution in [0, 0.1) is 0 Å². The van der Waals surface area contributed by atoms with Gasteiger partial charge in [-0.15, -0.1) is 0 Å². The van der Waals surface area contributed by atoms with Gasteiger partial charge in [0.05, 0.1) is 17.2 Å². The topological polar surface area (TPSA) is 21.3 Å². The van der Waals surface area contributed by atoms with Crippen molar-refractivity contribution in [2.24, 2.45) is 0 Å². The molecular weight excluding hydrogens is 305 g/mol. The Morgan fingerprint density at radius 2 is 1.58 bits per heavy atom. The molecule has 2 aromatic rings. The standard InChI is InChI=1S/C14H12Cl3NO/c1-19-14-12(16)6-9(7-13(14)17)8-18-11-4-2-10(15)3-5-11/h2-7,18H,8H2,1H3. The van der Waals surface area contributed by atoms with Crippen molar-refractivity contribution in [2.45, 2.75) is 6.54 Å². The molecule has 5 heteroatoms. The van der Waals surface area contributed by atoms with Crippen molar-refractivity contribution < 1.29 is 4.74 Å². The first-order valence-electron chi connectivity index (χ1n) is 5.61. The van der Waals surface area contributed by atoms with E-state index < -0.39 is 0 Å². The Morgan fingerprint density at radius 1 is 1.00 bits per heavy atom. The minimum absolute atomic E-state index is 0.499. The van der Waals surface area contributed by atoms with Gasteiger partial charge in [-0.1, -0.05) is 34.8 Å². The lowest BCUT2D eigenvalue weighted by Gasteiger charge is -2.10. The molecule has 0 aromatic heterocycles. The van der Waals surface area contributed by atoms with Gasteiger partial charge in [0, 0.05) is 17.3 Å².